The Kier molecular flexibility index (Phi) is 4.50. The fourth-order valence-corrected chi connectivity index (χ4v) is 5.49. The van der Waals surface area contributed by atoms with Crippen LogP contribution < -0.4 is 10.2 Å². The third-order valence-electron chi connectivity index (χ3n) is 5.92. The topological polar surface area (TPSA) is 47.6 Å². The first kappa shape index (κ1) is 17.7. The molecular weight excluding hydrogens is 451 g/mol. The van der Waals surface area contributed by atoms with Gasteiger partial charge in [-0.2, -0.15) is 0 Å². The van der Waals surface area contributed by atoms with E-state index < -0.39 is 0 Å². The van der Waals surface area contributed by atoms with Gasteiger partial charge in [0.05, 0.1) is 0 Å². The van der Waals surface area contributed by atoms with Crippen LogP contribution in [-0.4, -0.2) is 9.10 Å². The summed E-state index contributed by atoms with van der Waals surface area (Å²) in [6.45, 7) is 3.90. The maximum absolute atomic E-state index is 12.8. The maximum Gasteiger partial charge on any atom is 0.130 e. The second-order valence-electron chi connectivity index (χ2n) is 7.82. The molecule has 0 amide bonds. The number of fused-ring (bicyclic) bond motifs is 2. The van der Waals surface area contributed by atoms with Crippen molar-refractivity contribution in [2.75, 3.05) is 0 Å². The molecule has 3 unspecified atom stereocenters. The smallest absolute Gasteiger partial charge is 0.130 e. The van der Waals surface area contributed by atoms with Gasteiger partial charge >= 0.3 is 0 Å². The fraction of sp³-hybridized carbons (Fsp3) is 0.364. The first-order valence-electron chi connectivity index (χ1n) is 9.53. The molecule has 2 aromatic rings. The molecule has 0 radical (unpaired) electrons. The van der Waals surface area contributed by atoms with Crippen molar-refractivity contribution in [2.24, 2.45) is 0 Å². The summed E-state index contributed by atoms with van der Waals surface area (Å²) in [6.07, 6.45) is 4.82. The highest BCUT2D eigenvalue weighted by atomic mass is 127. The van der Waals surface area contributed by atoms with E-state index in [0.717, 1.165) is 65.5 Å². The van der Waals surface area contributed by atoms with Crippen LogP contribution in [0.25, 0.3) is 0 Å². The Bertz CT molecular complexity index is 913. The summed E-state index contributed by atoms with van der Waals surface area (Å²) in [4.78, 5) is 0. The molecule has 2 aromatic carbocycles. The van der Waals surface area contributed by atoms with Gasteiger partial charge in [-0.15, -0.1) is 0 Å². The first-order valence-corrected chi connectivity index (χ1v) is 10.8. The van der Waals surface area contributed by atoms with Crippen LogP contribution in [0.4, 0.5) is 0 Å². The normalized spacial score (nSPS) is 27.3. The Balaban J connectivity index is 1.32. The summed E-state index contributed by atoms with van der Waals surface area (Å²) in [7, 11) is 0. The molecule has 5 rings (SSSR count). The van der Waals surface area contributed by atoms with E-state index in [2.05, 4.69) is 64.9 Å². The number of hydrogen-bond acceptors (Lipinski definition) is 4. The van der Waals surface area contributed by atoms with Crippen molar-refractivity contribution in [1.82, 2.24) is 10.6 Å². The van der Waals surface area contributed by atoms with Crippen LogP contribution in [0.5, 0.6) is 5.75 Å². The van der Waals surface area contributed by atoms with Gasteiger partial charge < -0.3 is 15.1 Å². The van der Waals surface area contributed by atoms with Crippen molar-refractivity contribution < 1.29 is 4.74 Å². The van der Waals surface area contributed by atoms with E-state index >= 15 is 0 Å². The van der Waals surface area contributed by atoms with Crippen LogP contribution in [0.2, 0.25) is 0 Å². The SMILES string of the molecule is C=C1Cc2cc(C3CCC(c4ccc5c(c4)CC(I)C5)N([O-])N3)ccc2O1. The second kappa shape index (κ2) is 6.88. The lowest BCUT2D eigenvalue weighted by molar-refractivity contribution is 0.106. The van der Waals surface area contributed by atoms with E-state index in [4.69, 9.17) is 4.74 Å². The van der Waals surface area contributed by atoms with Crippen molar-refractivity contribution in [3.63, 3.8) is 0 Å². The van der Waals surface area contributed by atoms with Gasteiger partial charge in [0.1, 0.15) is 11.5 Å². The van der Waals surface area contributed by atoms with Crippen LogP contribution in [0.15, 0.2) is 48.7 Å². The van der Waals surface area contributed by atoms with Crippen molar-refractivity contribution in [3.8, 4) is 5.75 Å². The summed E-state index contributed by atoms with van der Waals surface area (Å²) in [6, 6.07) is 12.7. The van der Waals surface area contributed by atoms with E-state index in [1.54, 1.807) is 0 Å². The molecule has 140 valence electrons. The van der Waals surface area contributed by atoms with E-state index in [1.807, 2.05) is 6.07 Å². The molecule has 4 nitrogen and oxygen atoms in total. The Hall–Kier alpha value is -1.41. The van der Waals surface area contributed by atoms with Crippen LogP contribution in [0, 0.1) is 5.21 Å². The molecule has 27 heavy (non-hydrogen) atoms. The highest BCUT2D eigenvalue weighted by Gasteiger charge is 2.27. The summed E-state index contributed by atoms with van der Waals surface area (Å²) in [5, 5.41) is 13.9. The lowest BCUT2D eigenvalue weighted by Gasteiger charge is -2.45. The number of alkyl halides is 1. The Morgan fingerprint density at radius 1 is 1.04 bits per heavy atom. The predicted octanol–water partition coefficient (Wildman–Crippen LogP) is 4.92. The van der Waals surface area contributed by atoms with Gasteiger partial charge in [-0.3, -0.25) is 5.43 Å². The van der Waals surface area contributed by atoms with E-state index in [9.17, 15) is 5.21 Å². The molecule has 0 saturated carbocycles. The van der Waals surface area contributed by atoms with Gasteiger partial charge in [-0.1, -0.05) is 59.5 Å². The number of benzene rings is 2. The number of halogens is 1. The monoisotopic (exact) mass is 473 g/mol. The quantitative estimate of drug-likeness (QED) is 0.497. The molecular formula is C22H22IN2O2-. The lowest BCUT2D eigenvalue weighted by Crippen LogP contribution is -2.43. The average molecular weight is 473 g/mol. The molecule has 0 aromatic heterocycles. The minimum Gasteiger partial charge on any atom is -0.771 e. The number of rotatable bonds is 2. The molecule has 3 atom stereocenters. The van der Waals surface area contributed by atoms with E-state index in [-0.39, 0.29) is 12.1 Å². The molecule has 5 heteroatoms. The van der Waals surface area contributed by atoms with Crippen LogP contribution in [-0.2, 0) is 19.3 Å². The predicted molar refractivity (Wildman–Crippen MR) is 115 cm³/mol. The van der Waals surface area contributed by atoms with Gasteiger partial charge in [0.2, 0.25) is 0 Å². The summed E-state index contributed by atoms with van der Waals surface area (Å²) in [5.74, 6) is 1.68. The van der Waals surface area contributed by atoms with E-state index in [0.29, 0.717) is 3.92 Å². The number of ether oxygens (including phenoxy) is 1. The highest BCUT2D eigenvalue weighted by Crippen LogP contribution is 2.38. The third-order valence-corrected chi connectivity index (χ3v) is 6.80. The summed E-state index contributed by atoms with van der Waals surface area (Å²) < 4.78 is 6.29. The van der Waals surface area contributed by atoms with Crippen molar-refractivity contribution in [3.05, 3.63) is 81.8 Å². The zero-order valence-corrected chi connectivity index (χ0v) is 17.2. The third kappa shape index (κ3) is 3.31. The van der Waals surface area contributed by atoms with Gasteiger partial charge in [-0.25, -0.2) is 0 Å². The van der Waals surface area contributed by atoms with E-state index in [1.165, 1.54) is 11.1 Å². The largest absolute Gasteiger partial charge is 0.771 e. The minimum atomic E-state index is -0.114. The molecule has 1 aliphatic carbocycles. The molecule has 1 saturated heterocycles. The number of nitrogens with one attached hydrogen (secondary N) is 1. The Labute approximate surface area is 173 Å². The molecule has 2 aliphatic heterocycles. The standard InChI is InChI=1S/C22H22IN2O2/c1-13-8-18-9-15(4-7-22(18)27-13)20-5-6-21(25(26)24-20)16-3-2-14-11-19(23)12-17(14)10-16/h2-4,7,9-10,19-21,24H,1,5-6,8,11-12H2/q-1. The highest BCUT2D eigenvalue weighted by molar-refractivity contribution is 14.1. The zero-order valence-electron chi connectivity index (χ0n) is 15.1. The van der Waals surface area contributed by atoms with Gasteiger partial charge in [0, 0.05) is 28.0 Å². The van der Waals surface area contributed by atoms with Crippen LogP contribution in [0.3, 0.4) is 0 Å². The van der Waals surface area contributed by atoms with Crippen molar-refractivity contribution in [1.29, 1.82) is 0 Å². The Morgan fingerprint density at radius 3 is 2.67 bits per heavy atom. The fourth-order valence-electron chi connectivity index (χ4n) is 4.54. The number of nitrogens with zero attached hydrogens (tertiary/aromatic N) is 1. The molecule has 3 aliphatic rings. The molecule has 2 heterocycles. The molecule has 1 N–H and O–H groups in total. The molecule has 0 spiro atoms. The maximum atomic E-state index is 12.8. The minimum absolute atomic E-state index is 0.0473. The van der Waals surface area contributed by atoms with Gasteiger partial charge in [0.25, 0.3) is 0 Å². The number of hydrogen-bond donors (Lipinski definition) is 1. The molecule has 1 fully saturated rings. The number of hydroxylamine groups is 1. The summed E-state index contributed by atoms with van der Waals surface area (Å²) >= 11 is 2.52. The number of allylic oxidation sites excluding steroid dienone is 1. The Morgan fingerprint density at radius 2 is 1.81 bits per heavy atom. The van der Waals surface area contributed by atoms with Crippen molar-refractivity contribution >= 4 is 22.6 Å². The lowest BCUT2D eigenvalue weighted by atomic mass is 9.92. The molecule has 0 bridgehead atoms. The van der Waals surface area contributed by atoms with Crippen LogP contribution >= 0.6 is 22.6 Å². The van der Waals surface area contributed by atoms with Crippen molar-refractivity contribution in [2.45, 2.75) is 48.1 Å². The van der Waals surface area contributed by atoms with Crippen LogP contribution in [0.1, 0.15) is 52.7 Å². The summed E-state index contributed by atoms with van der Waals surface area (Å²) in [5.41, 5.74) is 9.48. The van der Waals surface area contributed by atoms with Gasteiger partial charge in [0.15, 0.2) is 0 Å². The zero-order chi connectivity index (χ0) is 18.5. The second-order valence-corrected chi connectivity index (χ2v) is 9.58. The average Bonchev–Trinajstić information content (AvgIpc) is 3.20. The van der Waals surface area contributed by atoms with Gasteiger partial charge in [-0.05, 0) is 54.0 Å². The number of hydrazine groups is 1. The first-order chi connectivity index (χ1) is 13.1.